The Kier molecular flexibility index (Phi) is 4.60. The molecule has 2 rings (SSSR count). The molecule has 104 valence electrons. The van der Waals surface area contributed by atoms with Crippen molar-refractivity contribution in [3.8, 4) is 5.75 Å². The molecule has 0 bridgehead atoms. The molecule has 4 heteroatoms. The number of amides is 1. The fraction of sp³-hybridized carbons (Fsp3) is 0.188. The molecule has 0 radical (unpaired) electrons. The van der Waals surface area contributed by atoms with Gasteiger partial charge in [-0.3, -0.25) is 0 Å². The first-order chi connectivity index (χ1) is 9.65. The molecule has 0 saturated heterocycles. The number of hydrogen-bond donors (Lipinski definition) is 2. The molecule has 2 N–H and O–H groups in total. The minimum absolute atomic E-state index is 0.250. The van der Waals surface area contributed by atoms with E-state index >= 15 is 0 Å². The Bertz CT molecular complexity index is 582. The average molecular weight is 271 g/mol. The molecule has 0 aliphatic heterocycles. The number of aryl methyl sites for hydroxylation is 1. The van der Waals surface area contributed by atoms with E-state index in [9.17, 15) is 9.90 Å². The van der Waals surface area contributed by atoms with Gasteiger partial charge < -0.3 is 15.2 Å². The van der Waals surface area contributed by atoms with Gasteiger partial charge in [0.25, 0.3) is 0 Å². The molecule has 1 amide bonds. The molecule has 0 fully saturated rings. The van der Waals surface area contributed by atoms with E-state index in [0.717, 1.165) is 16.7 Å². The largest absolute Gasteiger partial charge is 0.508 e. The quantitative estimate of drug-likeness (QED) is 0.898. The predicted octanol–water partition coefficient (Wildman–Crippen LogP) is 3.13. The molecular weight excluding hydrogens is 254 g/mol. The van der Waals surface area contributed by atoms with Crippen molar-refractivity contribution in [2.75, 3.05) is 0 Å². The van der Waals surface area contributed by atoms with E-state index in [1.54, 1.807) is 12.1 Å². The highest BCUT2D eigenvalue weighted by atomic mass is 16.5. The SMILES string of the molecule is Cc1cc(CNC(=O)OCc2ccccc2)ccc1O. The summed E-state index contributed by atoms with van der Waals surface area (Å²) in [7, 11) is 0. The van der Waals surface area contributed by atoms with Gasteiger partial charge in [0.2, 0.25) is 0 Å². The second-order valence-electron chi connectivity index (χ2n) is 4.54. The molecule has 0 spiro atoms. The lowest BCUT2D eigenvalue weighted by atomic mass is 10.1. The van der Waals surface area contributed by atoms with Gasteiger partial charge in [0, 0.05) is 6.54 Å². The molecule has 0 aromatic heterocycles. The van der Waals surface area contributed by atoms with Gasteiger partial charge >= 0.3 is 6.09 Å². The standard InChI is InChI=1S/C16H17NO3/c1-12-9-14(7-8-15(12)18)10-17-16(19)20-11-13-5-3-2-4-6-13/h2-9,18H,10-11H2,1H3,(H,17,19). The van der Waals surface area contributed by atoms with Crippen LogP contribution >= 0.6 is 0 Å². The van der Waals surface area contributed by atoms with Crippen LogP contribution in [0.4, 0.5) is 4.79 Å². The number of rotatable bonds is 4. The molecular formula is C16H17NO3. The Morgan fingerprint density at radius 1 is 1.15 bits per heavy atom. The van der Waals surface area contributed by atoms with Gasteiger partial charge in [-0.2, -0.15) is 0 Å². The van der Waals surface area contributed by atoms with E-state index in [1.807, 2.05) is 43.3 Å². The number of carbonyl (C=O) groups is 1. The number of carbonyl (C=O) groups excluding carboxylic acids is 1. The number of alkyl carbamates (subject to hydrolysis) is 1. The van der Waals surface area contributed by atoms with Crippen LogP contribution < -0.4 is 5.32 Å². The third kappa shape index (κ3) is 4.02. The first-order valence-corrected chi connectivity index (χ1v) is 6.38. The summed E-state index contributed by atoms with van der Waals surface area (Å²) in [5.74, 6) is 0.250. The smallest absolute Gasteiger partial charge is 0.407 e. The summed E-state index contributed by atoms with van der Waals surface area (Å²) in [5.41, 5.74) is 2.64. The summed E-state index contributed by atoms with van der Waals surface area (Å²) >= 11 is 0. The van der Waals surface area contributed by atoms with Gasteiger partial charge in [0.15, 0.2) is 0 Å². The predicted molar refractivity (Wildman–Crippen MR) is 76.3 cm³/mol. The van der Waals surface area contributed by atoms with Crippen LogP contribution in [0.5, 0.6) is 5.75 Å². The van der Waals surface area contributed by atoms with Crippen LogP contribution in [0, 0.1) is 6.92 Å². The lowest BCUT2D eigenvalue weighted by molar-refractivity contribution is 0.139. The molecule has 20 heavy (non-hydrogen) atoms. The minimum Gasteiger partial charge on any atom is -0.508 e. The molecule has 0 saturated carbocycles. The van der Waals surface area contributed by atoms with Crippen LogP contribution in [0.1, 0.15) is 16.7 Å². The molecule has 0 atom stereocenters. The number of nitrogens with one attached hydrogen (secondary N) is 1. The van der Waals surface area contributed by atoms with Crippen LogP contribution in [0.3, 0.4) is 0 Å². The summed E-state index contributed by atoms with van der Waals surface area (Å²) in [6, 6.07) is 14.7. The average Bonchev–Trinajstić information content (AvgIpc) is 2.47. The third-order valence-corrected chi connectivity index (χ3v) is 2.91. The Balaban J connectivity index is 1.79. The first-order valence-electron chi connectivity index (χ1n) is 6.38. The Labute approximate surface area is 118 Å². The van der Waals surface area contributed by atoms with E-state index in [1.165, 1.54) is 0 Å². The van der Waals surface area contributed by atoms with E-state index in [-0.39, 0.29) is 12.4 Å². The van der Waals surface area contributed by atoms with Gasteiger partial charge in [-0.15, -0.1) is 0 Å². The second-order valence-corrected chi connectivity index (χ2v) is 4.54. The van der Waals surface area contributed by atoms with Crippen molar-refractivity contribution in [2.24, 2.45) is 0 Å². The first kappa shape index (κ1) is 13.9. The van der Waals surface area contributed by atoms with Crippen molar-refractivity contribution in [2.45, 2.75) is 20.1 Å². The lowest BCUT2D eigenvalue weighted by Crippen LogP contribution is -2.23. The Morgan fingerprint density at radius 3 is 2.60 bits per heavy atom. The highest BCUT2D eigenvalue weighted by Crippen LogP contribution is 2.16. The zero-order valence-electron chi connectivity index (χ0n) is 11.3. The van der Waals surface area contributed by atoms with E-state index < -0.39 is 6.09 Å². The molecule has 0 aliphatic rings. The fourth-order valence-electron chi connectivity index (χ4n) is 1.78. The lowest BCUT2D eigenvalue weighted by Gasteiger charge is -2.08. The van der Waals surface area contributed by atoms with Crippen molar-refractivity contribution in [1.29, 1.82) is 0 Å². The number of phenolic OH excluding ortho intramolecular Hbond substituents is 1. The van der Waals surface area contributed by atoms with Crippen LogP contribution in [0.15, 0.2) is 48.5 Å². The third-order valence-electron chi connectivity index (χ3n) is 2.91. The molecule has 0 aliphatic carbocycles. The van der Waals surface area contributed by atoms with Gasteiger partial charge in [-0.1, -0.05) is 42.5 Å². The van der Waals surface area contributed by atoms with Gasteiger partial charge in [-0.25, -0.2) is 4.79 Å². The molecule has 0 unspecified atom stereocenters. The van der Waals surface area contributed by atoms with Crippen LogP contribution in [-0.4, -0.2) is 11.2 Å². The van der Waals surface area contributed by atoms with Crippen LogP contribution in [0.25, 0.3) is 0 Å². The Hall–Kier alpha value is -2.49. The number of benzene rings is 2. The summed E-state index contributed by atoms with van der Waals surface area (Å²) < 4.78 is 5.10. The zero-order chi connectivity index (χ0) is 14.4. The molecule has 4 nitrogen and oxygen atoms in total. The van der Waals surface area contributed by atoms with Crippen LogP contribution in [-0.2, 0) is 17.9 Å². The number of hydrogen-bond acceptors (Lipinski definition) is 3. The highest BCUT2D eigenvalue weighted by molar-refractivity contribution is 5.67. The van der Waals surface area contributed by atoms with Crippen molar-refractivity contribution >= 4 is 6.09 Å². The monoisotopic (exact) mass is 271 g/mol. The topological polar surface area (TPSA) is 58.6 Å². The fourth-order valence-corrected chi connectivity index (χ4v) is 1.78. The number of ether oxygens (including phenoxy) is 1. The van der Waals surface area contributed by atoms with Crippen LogP contribution in [0.2, 0.25) is 0 Å². The van der Waals surface area contributed by atoms with E-state index in [4.69, 9.17) is 4.74 Å². The van der Waals surface area contributed by atoms with E-state index in [0.29, 0.717) is 6.54 Å². The number of phenols is 1. The van der Waals surface area contributed by atoms with Gasteiger partial charge in [-0.05, 0) is 29.7 Å². The van der Waals surface area contributed by atoms with E-state index in [2.05, 4.69) is 5.32 Å². The normalized spacial score (nSPS) is 10.1. The number of aromatic hydroxyl groups is 1. The highest BCUT2D eigenvalue weighted by Gasteiger charge is 2.03. The summed E-state index contributed by atoms with van der Waals surface area (Å²) in [5, 5.41) is 12.1. The molecule has 2 aromatic carbocycles. The van der Waals surface area contributed by atoms with Crippen molar-refractivity contribution < 1.29 is 14.6 Å². The molecule has 2 aromatic rings. The maximum Gasteiger partial charge on any atom is 0.407 e. The summed E-state index contributed by atoms with van der Waals surface area (Å²) in [6.45, 7) is 2.43. The van der Waals surface area contributed by atoms with Gasteiger partial charge in [0.05, 0.1) is 0 Å². The zero-order valence-corrected chi connectivity index (χ0v) is 11.3. The van der Waals surface area contributed by atoms with Crippen molar-refractivity contribution in [1.82, 2.24) is 5.32 Å². The van der Waals surface area contributed by atoms with Crippen molar-refractivity contribution in [3.63, 3.8) is 0 Å². The maximum absolute atomic E-state index is 11.6. The minimum atomic E-state index is -0.459. The van der Waals surface area contributed by atoms with Crippen molar-refractivity contribution in [3.05, 3.63) is 65.2 Å². The summed E-state index contributed by atoms with van der Waals surface area (Å²) in [4.78, 5) is 11.6. The maximum atomic E-state index is 11.6. The Morgan fingerprint density at radius 2 is 1.90 bits per heavy atom. The van der Waals surface area contributed by atoms with Gasteiger partial charge in [0.1, 0.15) is 12.4 Å². The molecule has 0 heterocycles. The summed E-state index contributed by atoms with van der Waals surface area (Å²) in [6.07, 6.45) is -0.459. The second kappa shape index (κ2) is 6.61.